The number of halogens is 1. The second kappa shape index (κ2) is 9.58. The van der Waals surface area contributed by atoms with Crippen LogP contribution >= 0.6 is 23.4 Å². The summed E-state index contributed by atoms with van der Waals surface area (Å²) in [6.07, 6.45) is 2.15. The van der Waals surface area contributed by atoms with E-state index in [4.69, 9.17) is 11.6 Å². The van der Waals surface area contributed by atoms with Crippen LogP contribution in [0.1, 0.15) is 52.9 Å². The number of piperidine rings is 1. The monoisotopic (exact) mass is 470 g/mol. The first-order valence-corrected chi connectivity index (χ1v) is 12.1. The molecule has 0 spiro atoms. The smallest absolute Gasteiger partial charge is 0.276 e. The Hall–Kier alpha value is -2.45. The highest BCUT2D eigenvalue weighted by molar-refractivity contribution is 7.98. The molecule has 0 bridgehead atoms. The van der Waals surface area contributed by atoms with E-state index < -0.39 is 0 Å². The van der Waals surface area contributed by atoms with Gasteiger partial charge >= 0.3 is 0 Å². The summed E-state index contributed by atoms with van der Waals surface area (Å²) in [5.41, 5.74) is 4.68. The zero-order valence-electron chi connectivity index (χ0n) is 18.8. The molecule has 1 amide bonds. The van der Waals surface area contributed by atoms with Crippen LogP contribution in [0.3, 0.4) is 0 Å². The summed E-state index contributed by atoms with van der Waals surface area (Å²) in [6.45, 7) is 9.53. The van der Waals surface area contributed by atoms with Crippen LogP contribution in [0.5, 0.6) is 0 Å². The van der Waals surface area contributed by atoms with E-state index in [0.29, 0.717) is 27.5 Å². The van der Waals surface area contributed by atoms with Crippen LogP contribution in [0, 0.1) is 26.7 Å². The fraction of sp³-hybridized carbons (Fsp3) is 0.435. The molecule has 1 unspecified atom stereocenters. The van der Waals surface area contributed by atoms with Crippen molar-refractivity contribution in [2.24, 2.45) is 5.92 Å². The van der Waals surface area contributed by atoms with Gasteiger partial charge in [0, 0.05) is 35.3 Å². The SMILES string of the molecule is Cc1cc(C)nc(SCc2c(C(=O)N3CCCC(C)C3)nnn2-c2ccc(C)c(Cl)c2)n1. The Kier molecular flexibility index (Phi) is 6.81. The largest absolute Gasteiger partial charge is 0.337 e. The topological polar surface area (TPSA) is 76.8 Å². The lowest BCUT2D eigenvalue weighted by molar-refractivity contribution is 0.0676. The maximum Gasteiger partial charge on any atom is 0.276 e. The Morgan fingerprint density at radius 3 is 2.62 bits per heavy atom. The Morgan fingerprint density at radius 2 is 1.94 bits per heavy atom. The summed E-state index contributed by atoms with van der Waals surface area (Å²) < 4.78 is 1.71. The molecule has 0 aliphatic carbocycles. The van der Waals surface area contributed by atoms with Gasteiger partial charge in [0.2, 0.25) is 0 Å². The number of aromatic nitrogens is 5. The van der Waals surface area contributed by atoms with E-state index in [-0.39, 0.29) is 5.91 Å². The fourth-order valence-electron chi connectivity index (χ4n) is 3.93. The molecular formula is C23H27ClN6OS. The van der Waals surface area contributed by atoms with Crippen molar-refractivity contribution in [2.45, 2.75) is 51.4 Å². The molecule has 3 aromatic rings. The molecule has 1 aliphatic heterocycles. The predicted molar refractivity (Wildman–Crippen MR) is 126 cm³/mol. The van der Waals surface area contributed by atoms with E-state index in [1.165, 1.54) is 11.8 Å². The number of carbonyl (C=O) groups excluding carboxylic acids is 1. The van der Waals surface area contributed by atoms with Gasteiger partial charge in [0.25, 0.3) is 5.91 Å². The molecule has 1 saturated heterocycles. The van der Waals surface area contributed by atoms with Gasteiger partial charge in [-0.2, -0.15) is 0 Å². The van der Waals surface area contributed by atoms with Gasteiger partial charge < -0.3 is 4.90 Å². The van der Waals surface area contributed by atoms with E-state index in [9.17, 15) is 4.79 Å². The zero-order chi connectivity index (χ0) is 22.8. The van der Waals surface area contributed by atoms with Crippen LogP contribution in [-0.2, 0) is 5.75 Å². The summed E-state index contributed by atoms with van der Waals surface area (Å²) in [7, 11) is 0. The van der Waals surface area contributed by atoms with Crippen molar-refractivity contribution in [3.8, 4) is 5.69 Å². The van der Waals surface area contributed by atoms with Gasteiger partial charge in [-0.15, -0.1) is 5.10 Å². The maximum atomic E-state index is 13.4. The molecule has 1 aliphatic rings. The molecule has 3 heterocycles. The third kappa shape index (κ3) is 4.96. The van der Waals surface area contributed by atoms with Crippen LogP contribution in [-0.4, -0.2) is 48.9 Å². The van der Waals surface area contributed by atoms with Crippen molar-refractivity contribution < 1.29 is 4.79 Å². The molecule has 7 nitrogen and oxygen atoms in total. The van der Waals surface area contributed by atoms with E-state index in [1.54, 1.807) is 4.68 Å². The first-order chi connectivity index (χ1) is 15.3. The number of rotatable bonds is 5. The van der Waals surface area contributed by atoms with Gasteiger partial charge in [0.15, 0.2) is 10.9 Å². The first-order valence-electron chi connectivity index (χ1n) is 10.8. The number of hydrogen-bond acceptors (Lipinski definition) is 6. The average molecular weight is 471 g/mol. The number of likely N-dealkylation sites (tertiary alicyclic amines) is 1. The molecule has 1 fully saturated rings. The number of aryl methyl sites for hydroxylation is 3. The van der Waals surface area contributed by atoms with Crippen molar-refractivity contribution in [2.75, 3.05) is 13.1 Å². The molecule has 4 rings (SSSR count). The van der Waals surface area contributed by atoms with Gasteiger partial charge in [-0.1, -0.05) is 41.6 Å². The minimum absolute atomic E-state index is 0.0713. The number of amides is 1. The van der Waals surface area contributed by atoms with Gasteiger partial charge in [0.1, 0.15) is 0 Å². The van der Waals surface area contributed by atoms with Crippen molar-refractivity contribution in [1.82, 2.24) is 29.9 Å². The molecule has 1 aromatic carbocycles. The van der Waals surface area contributed by atoms with E-state index in [0.717, 1.165) is 54.3 Å². The number of hydrogen-bond donors (Lipinski definition) is 0. The Balaban J connectivity index is 1.70. The molecule has 0 N–H and O–H groups in total. The molecule has 9 heteroatoms. The van der Waals surface area contributed by atoms with E-state index in [1.807, 2.05) is 49.9 Å². The first kappa shape index (κ1) is 22.7. The average Bonchev–Trinajstić information content (AvgIpc) is 3.17. The molecule has 0 saturated carbocycles. The van der Waals surface area contributed by atoms with Gasteiger partial charge in [0.05, 0.1) is 11.4 Å². The van der Waals surface area contributed by atoms with Crippen LogP contribution in [0.2, 0.25) is 5.02 Å². The third-order valence-corrected chi connectivity index (χ3v) is 6.88. The van der Waals surface area contributed by atoms with Crippen molar-refractivity contribution in [3.05, 3.63) is 57.6 Å². The Labute approximate surface area is 197 Å². The second-order valence-electron chi connectivity index (χ2n) is 8.45. The highest BCUT2D eigenvalue weighted by atomic mass is 35.5. The van der Waals surface area contributed by atoms with E-state index in [2.05, 4.69) is 27.2 Å². The minimum Gasteiger partial charge on any atom is -0.337 e. The van der Waals surface area contributed by atoms with Crippen LogP contribution in [0.25, 0.3) is 5.69 Å². The highest BCUT2D eigenvalue weighted by Gasteiger charge is 2.28. The summed E-state index contributed by atoms with van der Waals surface area (Å²) in [4.78, 5) is 24.3. The summed E-state index contributed by atoms with van der Waals surface area (Å²) >= 11 is 7.84. The Bertz CT molecular complexity index is 1130. The van der Waals surface area contributed by atoms with Crippen LogP contribution in [0.4, 0.5) is 0 Å². The summed E-state index contributed by atoms with van der Waals surface area (Å²) in [6, 6.07) is 7.67. The van der Waals surface area contributed by atoms with Crippen LogP contribution < -0.4 is 0 Å². The lowest BCUT2D eigenvalue weighted by Crippen LogP contribution is -2.39. The van der Waals surface area contributed by atoms with Crippen molar-refractivity contribution >= 4 is 29.3 Å². The van der Waals surface area contributed by atoms with Crippen LogP contribution in [0.15, 0.2) is 29.4 Å². The quantitative estimate of drug-likeness (QED) is 0.393. The number of carbonyl (C=O) groups is 1. The Morgan fingerprint density at radius 1 is 1.19 bits per heavy atom. The van der Waals surface area contributed by atoms with Crippen molar-refractivity contribution in [1.29, 1.82) is 0 Å². The normalized spacial score (nSPS) is 16.4. The number of nitrogens with zero attached hydrogens (tertiary/aromatic N) is 6. The lowest BCUT2D eigenvalue weighted by Gasteiger charge is -2.30. The maximum absolute atomic E-state index is 13.4. The van der Waals surface area contributed by atoms with Gasteiger partial charge in [-0.25, -0.2) is 14.6 Å². The van der Waals surface area contributed by atoms with E-state index >= 15 is 0 Å². The molecule has 1 atom stereocenters. The molecule has 2 aromatic heterocycles. The number of benzene rings is 1. The standard InChI is InChI=1S/C23H27ClN6OS/c1-14-6-5-9-29(12-14)22(31)21-20(13-32-23-25-16(3)10-17(4)26-23)30(28-27-21)18-8-7-15(2)19(24)11-18/h7-8,10-11,14H,5-6,9,12-13H2,1-4H3. The summed E-state index contributed by atoms with van der Waals surface area (Å²) in [5, 5.41) is 9.98. The van der Waals surface area contributed by atoms with Crippen molar-refractivity contribution in [3.63, 3.8) is 0 Å². The zero-order valence-corrected chi connectivity index (χ0v) is 20.4. The second-order valence-corrected chi connectivity index (χ2v) is 9.80. The van der Waals surface area contributed by atoms with Gasteiger partial charge in [-0.3, -0.25) is 4.79 Å². The third-order valence-electron chi connectivity index (χ3n) is 5.61. The minimum atomic E-state index is -0.0713. The fourth-order valence-corrected chi connectivity index (χ4v) is 5.05. The molecular weight excluding hydrogens is 444 g/mol. The molecule has 0 radical (unpaired) electrons. The number of thioether (sulfide) groups is 1. The summed E-state index contributed by atoms with van der Waals surface area (Å²) in [5.74, 6) is 0.879. The predicted octanol–water partition coefficient (Wildman–Crippen LogP) is 4.80. The van der Waals surface area contributed by atoms with Gasteiger partial charge in [-0.05, 0) is 63.3 Å². The molecule has 168 valence electrons. The molecule has 32 heavy (non-hydrogen) atoms. The lowest BCUT2D eigenvalue weighted by atomic mass is 10.00. The highest BCUT2D eigenvalue weighted by Crippen LogP contribution is 2.27.